The second-order valence-electron chi connectivity index (χ2n) is 5.42. The number of fused-ring (bicyclic) bond motifs is 1. The SMILES string of the molecule is Cn1cc(-c2cncn2-c2ccc3c(c2)NCCC3)cn1. The third-order valence-corrected chi connectivity index (χ3v) is 3.95. The Bertz CT molecular complexity index is 784. The van der Waals surface area contributed by atoms with Gasteiger partial charge >= 0.3 is 0 Å². The number of nitrogens with zero attached hydrogens (tertiary/aromatic N) is 4. The van der Waals surface area contributed by atoms with Crippen LogP contribution in [0.4, 0.5) is 5.69 Å². The second-order valence-corrected chi connectivity index (χ2v) is 5.42. The van der Waals surface area contributed by atoms with Gasteiger partial charge < -0.3 is 5.32 Å². The number of benzene rings is 1. The van der Waals surface area contributed by atoms with Gasteiger partial charge in [-0.25, -0.2) is 4.98 Å². The average Bonchev–Trinajstić information content (AvgIpc) is 3.15. The standard InChI is InChI=1S/C16H17N5/c1-20-10-13(8-19-20)16-9-17-11-21(16)14-5-4-12-3-2-6-18-15(12)7-14/h4-5,7-11,18H,2-3,6H2,1H3. The summed E-state index contributed by atoms with van der Waals surface area (Å²) in [6, 6.07) is 6.58. The zero-order valence-corrected chi connectivity index (χ0v) is 12.0. The lowest BCUT2D eigenvalue weighted by Gasteiger charge is -2.19. The summed E-state index contributed by atoms with van der Waals surface area (Å²) in [7, 11) is 1.92. The number of hydrogen-bond acceptors (Lipinski definition) is 3. The Labute approximate surface area is 123 Å². The number of aryl methyl sites for hydroxylation is 2. The number of anilines is 1. The van der Waals surface area contributed by atoms with Gasteiger partial charge in [-0.05, 0) is 30.5 Å². The molecular formula is C16H17N5. The van der Waals surface area contributed by atoms with Crippen LogP contribution in [0.1, 0.15) is 12.0 Å². The van der Waals surface area contributed by atoms with Crippen LogP contribution in [-0.4, -0.2) is 25.9 Å². The van der Waals surface area contributed by atoms with Crippen LogP contribution in [0.15, 0.2) is 43.1 Å². The van der Waals surface area contributed by atoms with Gasteiger partial charge in [-0.15, -0.1) is 0 Å². The summed E-state index contributed by atoms with van der Waals surface area (Å²) in [5.41, 5.74) is 5.89. The largest absolute Gasteiger partial charge is 0.385 e. The van der Waals surface area contributed by atoms with Gasteiger partial charge in [-0.3, -0.25) is 9.25 Å². The van der Waals surface area contributed by atoms with Crippen molar-refractivity contribution >= 4 is 5.69 Å². The summed E-state index contributed by atoms with van der Waals surface area (Å²) in [5, 5.41) is 7.72. The van der Waals surface area contributed by atoms with Gasteiger partial charge in [0, 0.05) is 36.7 Å². The van der Waals surface area contributed by atoms with E-state index < -0.39 is 0 Å². The topological polar surface area (TPSA) is 47.7 Å². The summed E-state index contributed by atoms with van der Waals surface area (Å²) in [6.45, 7) is 1.05. The van der Waals surface area contributed by atoms with Crippen LogP contribution in [0, 0.1) is 0 Å². The van der Waals surface area contributed by atoms with E-state index in [1.807, 2.05) is 32.0 Å². The van der Waals surface area contributed by atoms with Gasteiger partial charge in [-0.1, -0.05) is 6.07 Å². The molecule has 106 valence electrons. The van der Waals surface area contributed by atoms with Crippen molar-refractivity contribution in [3.8, 4) is 16.9 Å². The molecule has 1 N–H and O–H groups in total. The highest BCUT2D eigenvalue weighted by Gasteiger charge is 2.12. The molecule has 1 aromatic carbocycles. The monoisotopic (exact) mass is 279 g/mol. The molecule has 5 nitrogen and oxygen atoms in total. The predicted molar refractivity (Wildman–Crippen MR) is 82.6 cm³/mol. The fourth-order valence-corrected chi connectivity index (χ4v) is 2.87. The molecule has 0 aliphatic carbocycles. The molecule has 1 aliphatic heterocycles. The van der Waals surface area contributed by atoms with Crippen LogP contribution in [-0.2, 0) is 13.5 Å². The number of nitrogens with one attached hydrogen (secondary N) is 1. The smallest absolute Gasteiger partial charge is 0.0997 e. The highest BCUT2D eigenvalue weighted by atomic mass is 15.2. The lowest BCUT2D eigenvalue weighted by molar-refractivity contribution is 0.768. The molecule has 2 aromatic heterocycles. The first-order valence-corrected chi connectivity index (χ1v) is 7.20. The lowest BCUT2D eigenvalue weighted by Crippen LogP contribution is -2.12. The fraction of sp³-hybridized carbons (Fsp3) is 0.250. The van der Waals surface area contributed by atoms with Crippen molar-refractivity contribution in [2.45, 2.75) is 12.8 Å². The van der Waals surface area contributed by atoms with E-state index in [1.165, 1.54) is 17.7 Å². The zero-order valence-electron chi connectivity index (χ0n) is 12.0. The van der Waals surface area contributed by atoms with Crippen molar-refractivity contribution in [3.05, 3.63) is 48.7 Å². The second kappa shape index (κ2) is 4.77. The minimum atomic E-state index is 1.05. The first-order chi connectivity index (χ1) is 10.3. The Kier molecular flexibility index (Phi) is 2.77. The van der Waals surface area contributed by atoms with Crippen molar-refractivity contribution in [3.63, 3.8) is 0 Å². The highest BCUT2D eigenvalue weighted by Crippen LogP contribution is 2.27. The van der Waals surface area contributed by atoms with Gasteiger partial charge in [0.1, 0.15) is 0 Å². The van der Waals surface area contributed by atoms with E-state index in [1.54, 1.807) is 4.68 Å². The molecule has 0 radical (unpaired) electrons. The molecule has 0 saturated carbocycles. The molecule has 0 spiro atoms. The van der Waals surface area contributed by atoms with Crippen molar-refractivity contribution in [1.82, 2.24) is 19.3 Å². The predicted octanol–water partition coefficient (Wildman–Crippen LogP) is 2.63. The van der Waals surface area contributed by atoms with E-state index in [2.05, 4.69) is 38.2 Å². The summed E-state index contributed by atoms with van der Waals surface area (Å²) in [4.78, 5) is 4.30. The summed E-state index contributed by atoms with van der Waals surface area (Å²) >= 11 is 0. The molecule has 0 amide bonds. The Morgan fingerprint density at radius 2 is 2.19 bits per heavy atom. The van der Waals surface area contributed by atoms with Gasteiger partial charge in [0.2, 0.25) is 0 Å². The van der Waals surface area contributed by atoms with Crippen molar-refractivity contribution in [2.24, 2.45) is 7.05 Å². The minimum absolute atomic E-state index is 1.05. The number of aromatic nitrogens is 4. The van der Waals surface area contributed by atoms with Crippen molar-refractivity contribution < 1.29 is 0 Å². The third kappa shape index (κ3) is 2.11. The van der Waals surface area contributed by atoms with Crippen molar-refractivity contribution in [2.75, 3.05) is 11.9 Å². The Morgan fingerprint density at radius 3 is 3.05 bits per heavy atom. The summed E-state index contributed by atoms with van der Waals surface area (Å²) in [6.07, 6.45) is 9.96. The van der Waals surface area contributed by atoms with Gasteiger partial charge in [0.25, 0.3) is 0 Å². The molecule has 0 unspecified atom stereocenters. The normalized spacial score (nSPS) is 13.8. The van der Waals surface area contributed by atoms with Crippen LogP contribution in [0.3, 0.4) is 0 Å². The molecule has 1 aliphatic rings. The molecule has 0 atom stereocenters. The average molecular weight is 279 g/mol. The first-order valence-electron chi connectivity index (χ1n) is 7.20. The Hall–Kier alpha value is -2.56. The molecule has 21 heavy (non-hydrogen) atoms. The zero-order chi connectivity index (χ0) is 14.2. The molecule has 4 rings (SSSR count). The number of imidazole rings is 1. The highest BCUT2D eigenvalue weighted by molar-refractivity contribution is 5.64. The first kappa shape index (κ1) is 12.2. The summed E-state index contributed by atoms with van der Waals surface area (Å²) < 4.78 is 3.91. The van der Waals surface area contributed by atoms with Gasteiger partial charge in [-0.2, -0.15) is 5.10 Å². The number of rotatable bonds is 2. The Morgan fingerprint density at radius 1 is 1.24 bits per heavy atom. The fourth-order valence-electron chi connectivity index (χ4n) is 2.87. The lowest BCUT2D eigenvalue weighted by atomic mass is 10.0. The molecule has 3 heterocycles. The van der Waals surface area contributed by atoms with Gasteiger partial charge in [0.05, 0.1) is 24.4 Å². The van der Waals surface area contributed by atoms with Crippen molar-refractivity contribution in [1.29, 1.82) is 0 Å². The van der Waals surface area contributed by atoms with Crippen LogP contribution in [0.5, 0.6) is 0 Å². The van der Waals surface area contributed by atoms with E-state index in [9.17, 15) is 0 Å². The van der Waals surface area contributed by atoms with E-state index in [0.717, 1.165) is 29.9 Å². The molecule has 0 bridgehead atoms. The maximum absolute atomic E-state index is 4.30. The van der Waals surface area contributed by atoms with Crippen LogP contribution in [0.25, 0.3) is 16.9 Å². The Balaban J connectivity index is 1.79. The quantitative estimate of drug-likeness (QED) is 0.784. The molecule has 5 heteroatoms. The van der Waals surface area contributed by atoms with E-state index in [4.69, 9.17) is 0 Å². The third-order valence-electron chi connectivity index (χ3n) is 3.95. The molecular weight excluding hydrogens is 262 g/mol. The van der Waals surface area contributed by atoms with Crippen LogP contribution in [0.2, 0.25) is 0 Å². The maximum atomic E-state index is 4.30. The van der Waals surface area contributed by atoms with Crippen LogP contribution < -0.4 is 5.32 Å². The number of hydrogen-bond donors (Lipinski definition) is 1. The minimum Gasteiger partial charge on any atom is -0.385 e. The maximum Gasteiger partial charge on any atom is 0.0997 e. The molecule has 3 aromatic rings. The molecule has 0 saturated heterocycles. The van der Waals surface area contributed by atoms with Crippen LogP contribution >= 0.6 is 0 Å². The van der Waals surface area contributed by atoms with E-state index in [0.29, 0.717) is 0 Å². The van der Waals surface area contributed by atoms with Gasteiger partial charge in [0.15, 0.2) is 0 Å². The van der Waals surface area contributed by atoms with E-state index >= 15 is 0 Å². The summed E-state index contributed by atoms with van der Waals surface area (Å²) in [5.74, 6) is 0. The van der Waals surface area contributed by atoms with E-state index in [-0.39, 0.29) is 0 Å². The molecule has 0 fully saturated rings.